The van der Waals surface area contributed by atoms with E-state index in [0.717, 1.165) is 109 Å². The standard InChI is InChI=1S/C52H30N6O2S/c1-3-15-35-31(11-1)13-9-19-42(35)57(33-23-25-39-37-17-5-7-21-44(37)59-46(39)29-33)48-28-27-41-49-51(61-50(41)53-48)54-52(56-55-49)58(43-20-10-14-32-12-2-4-16-36(32)43)34-24-26-40-38-18-6-8-22-45(38)60-47(40)30-34/h1-30H. The maximum absolute atomic E-state index is 6.39. The van der Waals surface area contributed by atoms with Crippen LogP contribution in [0.15, 0.2) is 191 Å². The van der Waals surface area contributed by atoms with E-state index >= 15 is 0 Å². The highest BCUT2D eigenvalue weighted by molar-refractivity contribution is 7.25. The molecule has 0 aliphatic rings. The molecule has 13 aromatic rings. The minimum atomic E-state index is 0.447. The van der Waals surface area contributed by atoms with Crippen LogP contribution in [0.1, 0.15) is 0 Å². The molecule has 0 saturated heterocycles. The molecule has 0 saturated carbocycles. The van der Waals surface area contributed by atoms with Crippen molar-refractivity contribution >= 4 is 132 Å². The van der Waals surface area contributed by atoms with Gasteiger partial charge < -0.3 is 8.83 Å². The Hall–Kier alpha value is -8.14. The second-order valence-corrected chi connectivity index (χ2v) is 16.1. The van der Waals surface area contributed by atoms with Gasteiger partial charge in [-0.05, 0) is 71.4 Å². The van der Waals surface area contributed by atoms with Crippen molar-refractivity contribution in [3.63, 3.8) is 0 Å². The van der Waals surface area contributed by atoms with Gasteiger partial charge in [0.1, 0.15) is 38.5 Å². The van der Waals surface area contributed by atoms with Crippen LogP contribution in [0, 0.1) is 0 Å². The Balaban J connectivity index is 0.981. The molecule has 286 valence electrons. The summed E-state index contributed by atoms with van der Waals surface area (Å²) in [5, 5.41) is 19.3. The van der Waals surface area contributed by atoms with Crippen LogP contribution >= 0.6 is 11.3 Å². The van der Waals surface area contributed by atoms with E-state index in [9.17, 15) is 0 Å². The van der Waals surface area contributed by atoms with E-state index in [1.54, 1.807) is 0 Å². The van der Waals surface area contributed by atoms with E-state index in [1.165, 1.54) is 11.3 Å². The summed E-state index contributed by atoms with van der Waals surface area (Å²) >= 11 is 1.51. The van der Waals surface area contributed by atoms with Crippen LogP contribution in [0.4, 0.5) is 34.5 Å². The average molecular weight is 803 g/mol. The van der Waals surface area contributed by atoms with E-state index < -0.39 is 0 Å². The highest BCUT2D eigenvalue weighted by Gasteiger charge is 2.24. The van der Waals surface area contributed by atoms with E-state index in [-0.39, 0.29) is 0 Å². The molecule has 5 heterocycles. The maximum atomic E-state index is 6.39. The average Bonchev–Trinajstić information content (AvgIpc) is 3.99. The molecule has 0 N–H and O–H groups in total. The molecule has 0 atom stereocenters. The third-order valence-electron chi connectivity index (χ3n) is 11.6. The zero-order valence-corrected chi connectivity index (χ0v) is 33.0. The predicted molar refractivity (Wildman–Crippen MR) is 249 cm³/mol. The van der Waals surface area contributed by atoms with Crippen molar-refractivity contribution in [1.82, 2.24) is 20.2 Å². The molecule has 0 radical (unpaired) electrons. The molecule has 8 aromatic carbocycles. The summed E-state index contributed by atoms with van der Waals surface area (Å²) in [6, 6.07) is 62.5. The molecule has 0 aliphatic heterocycles. The Kier molecular flexibility index (Phi) is 7.31. The number of furan rings is 2. The van der Waals surface area contributed by atoms with Crippen LogP contribution in [-0.4, -0.2) is 20.2 Å². The number of thiophene rings is 1. The number of benzene rings is 8. The summed E-state index contributed by atoms with van der Waals surface area (Å²) < 4.78 is 12.8. The van der Waals surface area contributed by atoms with Gasteiger partial charge in [0, 0.05) is 49.8 Å². The number of nitrogens with zero attached hydrogens (tertiary/aromatic N) is 6. The SMILES string of the molecule is c1ccc2c(N(c3ccc4c(c3)oc3ccccc34)c3ccc4c(n3)sc3nc(N(c5ccc6c(c5)oc5ccccc56)c5cccc6ccccc56)nnc34)cccc2c1. The quantitative estimate of drug-likeness (QED) is 0.164. The molecule has 0 amide bonds. The highest BCUT2D eigenvalue weighted by atomic mass is 32.1. The molecule has 8 nitrogen and oxygen atoms in total. The first-order valence-corrected chi connectivity index (χ1v) is 20.9. The largest absolute Gasteiger partial charge is 0.456 e. The maximum Gasteiger partial charge on any atom is 0.255 e. The van der Waals surface area contributed by atoms with Crippen LogP contribution in [0.5, 0.6) is 0 Å². The molecule has 13 rings (SSSR count). The highest BCUT2D eigenvalue weighted by Crippen LogP contribution is 2.44. The smallest absolute Gasteiger partial charge is 0.255 e. The van der Waals surface area contributed by atoms with Gasteiger partial charge in [-0.1, -0.05) is 121 Å². The minimum absolute atomic E-state index is 0.447. The third kappa shape index (κ3) is 5.31. The summed E-state index contributed by atoms with van der Waals surface area (Å²) in [7, 11) is 0. The van der Waals surface area contributed by atoms with E-state index in [0.29, 0.717) is 11.5 Å². The van der Waals surface area contributed by atoms with Gasteiger partial charge >= 0.3 is 0 Å². The third-order valence-corrected chi connectivity index (χ3v) is 12.6. The van der Waals surface area contributed by atoms with E-state index in [2.05, 4.69) is 155 Å². The Bertz CT molecular complexity index is 3630. The zero-order valence-electron chi connectivity index (χ0n) is 32.2. The lowest BCUT2D eigenvalue weighted by molar-refractivity contribution is 0.668. The van der Waals surface area contributed by atoms with Crippen LogP contribution in [0.25, 0.3) is 86.0 Å². The van der Waals surface area contributed by atoms with Gasteiger partial charge in [0.05, 0.1) is 22.7 Å². The summed E-state index contributed by atoms with van der Waals surface area (Å²) in [4.78, 5) is 16.4. The monoisotopic (exact) mass is 802 g/mol. The number of pyridine rings is 1. The van der Waals surface area contributed by atoms with Gasteiger partial charge in [0.25, 0.3) is 5.95 Å². The van der Waals surface area contributed by atoms with Crippen molar-refractivity contribution in [3.05, 3.63) is 182 Å². The van der Waals surface area contributed by atoms with Crippen molar-refractivity contribution in [2.24, 2.45) is 0 Å². The molecule has 0 aliphatic carbocycles. The summed E-state index contributed by atoms with van der Waals surface area (Å²) in [6.07, 6.45) is 0. The fourth-order valence-electron chi connectivity index (χ4n) is 8.81. The molecule has 0 spiro atoms. The first-order valence-electron chi connectivity index (χ1n) is 20.0. The predicted octanol–water partition coefficient (Wildman–Crippen LogP) is 14.7. The Labute approximate surface area is 351 Å². The Morgan fingerprint density at radius 2 is 0.885 bits per heavy atom. The van der Waals surface area contributed by atoms with Crippen molar-refractivity contribution in [2.75, 3.05) is 9.80 Å². The normalized spacial score (nSPS) is 11.9. The van der Waals surface area contributed by atoms with Gasteiger partial charge in [-0.15, -0.1) is 10.2 Å². The molecule has 0 bridgehead atoms. The summed E-state index contributed by atoms with van der Waals surface area (Å²) in [6.45, 7) is 0. The first-order chi connectivity index (χ1) is 30.2. The number of rotatable bonds is 6. The fourth-order valence-corrected chi connectivity index (χ4v) is 9.79. The number of hydrogen-bond donors (Lipinski definition) is 0. The molecule has 0 fully saturated rings. The first kappa shape index (κ1) is 33.8. The Morgan fingerprint density at radius 3 is 1.52 bits per heavy atom. The second-order valence-electron chi connectivity index (χ2n) is 15.1. The number of hydrogen-bond acceptors (Lipinski definition) is 9. The van der Waals surface area contributed by atoms with Crippen LogP contribution in [0.2, 0.25) is 0 Å². The minimum Gasteiger partial charge on any atom is -0.456 e. The van der Waals surface area contributed by atoms with Crippen molar-refractivity contribution in [2.45, 2.75) is 0 Å². The van der Waals surface area contributed by atoms with Gasteiger partial charge in [-0.25, -0.2) is 4.98 Å². The summed E-state index contributed by atoms with van der Waals surface area (Å²) in [5.74, 6) is 1.21. The lowest BCUT2D eigenvalue weighted by Gasteiger charge is -2.25. The number of aromatic nitrogens is 4. The molecule has 61 heavy (non-hydrogen) atoms. The second kappa shape index (κ2) is 13.2. The van der Waals surface area contributed by atoms with Gasteiger partial charge in [0.2, 0.25) is 0 Å². The van der Waals surface area contributed by atoms with Crippen LogP contribution in [-0.2, 0) is 0 Å². The number of anilines is 6. The molecule has 5 aromatic heterocycles. The molecular formula is C52H30N6O2S. The number of para-hydroxylation sites is 2. The molecule has 0 unspecified atom stereocenters. The van der Waals surface area contributed by atoms with Crippen molar-refractivity contribution < 1.29 is 8.83 Å². The van der Waals surface area contributed by atoms with Crippen molar-refractivity contribution in [3.8, 4) is 0 Å². The van der Waals surface area contributed by atoms with E-state index in [4.69, 9.17) is 29.0 Å². The lowest BCUT2D eigenvalue weighted by atomic mass is 10.1. The fraction of sp³-hybridized carbons (Fsp3) is 0. The van der Waals surface area contributed by atoms with Gasteiger partial charge in [-0.2, -0.15) is 4.98 Å². The van der Waals surface area contributed by atoms with Gasteiger partial charge in [0.15, 0.2) is 4.83 Å². The lowest BCUT2D eigenvalue weighted by Crippen LogP contribution is -2.14. The van der Waals surface area contributed by atoms with Gasteiger partial charge in [-0.3, -0.25) is 9.80 Å². The topological polar surface area (TPSA) is 84.3 Å². The number of fused-ring (bicyclic) bond motifs is 11. The van der Waals surface area contributed by atoms with Crippen molar-refractivity contribution in [1.29, 1.82) is 0 Å². The zero-order chi connectivity index (χ0) is 40.0. The van der Waals surface area contributed by atoms with Crippen LogP contribution in [0.3, 0.4) is 0 Å². The summed E-state index contributed by atoms with van der Waals surface area (Å²) in [5.41, 5.74) is 7.74. The Morgan fingerprint density at radius 1 is 0.377 bits per heavy atom. The molecule has 9 heteroatoms. The molecular weight excluding hydrogens is 773 g/mol. The van der Waals surface area contributed by atoms with E-state index in [1.807, 2.05) is 36.4 Å². The van der Waals surface area contributed by atoms with Crippen LogP contribution < -0.4 is 9.80 Å².